The highest BCUT2D eigenvalue weighted by molar-refractivity contribution is 7.09. The molecule has 8 nitrogen and oxygen atoms in total. The van der Waals surface area contributed by atoms with Gasteiger partial charge >= 0.3 is 0 Å². The number of nitrogens with zero attached hydrogens (tertiary/aromatic N) is 7. The Hall–Kier alpha value is -2.65. The fraction of sp³-hybridized carbons (Fsp3) is 0.476. The first-order valence-corrected chi connectivity index (χ1v) is 11.3. The Labute approximate surface area is 179 Å². The van der Waals surface area contributed by atoms with E-state index in [1.54, 1.807) is 29.2 Å². The standard InChI is InChI=1S/C21H25N7OS/c29-19-7-6-18(17-5-2-8-22-15-17)24-28(19)14-11-26-9-12-27(13-10-26)21-23-20(25-30-21)16-3-1-4-16/h2,5-8,15-16H,1,3-4,9-14H2. The lowest BCUT2D eigenvalue weighted by atomic mass is 9.85. The maximum absolute atomic E-state index is 12.2. The molecule has 0 radical (unpaired) electrons. The van der Waals surface area contributed by atoms with Gasteiger partial charge in [0, 0.05) is 74.2 Å². The molecule has 3 aromatic heterocycles. The van der Waals surface area contributed by atoms with Gasteiger partial charge in [0.05, 0.1) is 12.2 Å². The zero-order valence-electron chi connectivity index (χ0n) is 16.9. The van der Waals surface area contributed by atoms with Crippen LogP contribution in [0.5, 0.6) is 0 Å². The zero-order valence-corrected chi connectivity index (χ0v) is 17.7. The van der Waals surface area contributed by atoms with Crippen LogP contribution in [0.25, 0.3) is 11.3 Å². The van der Waals surface area contributed by atoms with E-state index >= 15 is 0 Å². The van der Waals surface area contributed by atoms with Crippen LogP contribution < -0.4 is 10.5 Å². The van der Waals surface area contributed by atoms with E-state index in [0.29, 0.717) is 12.5 Å². The quantitative estimate of drug-likeness (QED) is 0.601. The number of hydrogen-bond donors (Lipinski definition) is 0. The molecule has 0 amide bonds. The molecular formula is C21H25N7OS. The number of rotatable bonds is 6. The van der Waals surface area contributed by atoms with E-state index in [-0.39, 0.29) is 5.56 Å². The maximum atomic E-state index is 12.2. The van der Waals surface area contributed by atoms with Crippen molar-refractivity contribution in [1.29, 1.82) is 0 Å². The van der Waals surface area contributed by atoms with Crippen LogP contribution in [-0.2, 0) is 6.54 Å². The Morgan fingerprint density at radius 3 is 2.67 bits per heavy atom. The molecule has 156 valence electrons. The number of aromatic nitrogens is 5. The lowest BCUT2D eigenvalue weighted by Crippen LogP contribution is -2.47. The molecule has 3 aromatic rings. The predicted octanol–water partition coefficient (Wildman–Crippen LogP) is 2.25. The number of hydrogen-bond acceptors (Lipinski definition) is 8. The Kier molecular flexibility index (Phi) is 5.54. The summed E-state index contributed by atoms with van der Waals surface area (Å²) in [6, 6.07) is 7.17. The van der Waals surface area contributed by atoms with Crippen LogP contribution >= 0.6 is 11.5 Å². The molecule has 2 fully saturated rings. The monoisotopic (exact) mass is 423 g/mol. The van der Waals surface area contributed by atoms with Gasteiger partial charge in [-0.1, -0.05) is 6.42 Å². The molecular weight excluding hydrogens is 398 g/mol. The third-order valence-electron chi connectivity index (χ3n) is 6.00. The van der Waals surface area contributed by atoms with Crippen LogP contribution in [0.2, 0.25) is 0 Å². The van der Waals surface area contributed by atoms with E-state index in [2.05, 4.69) is 24.3 Å². The van der Waals surface area contributed by atoms with Gasteiger partial charge in [-0.25, -0.2) is 9.67 Å². The van der Waals surface area contributed by atoms with Gasteiger partial charge in [0.2, 0.25) is 5.13 Å². The molecule has 4 heterocycles. The molecule has 2 aliphatic rings. The van der Waals surface area contributed by atoms with Crippen molar-refractivity contribution in [1.82, 2.24) is 29.0 Å². The van der Waals surface area contributed by atoms with Crippen molar-refractivity contribution in [2.75, 3.05) is 37.6 Å². The minimum atomic E-state index is -0.0707. The first kappa shape index (κ1) is 19.3. The molecule has 0 N–H and O–H groups in total. The minimum absolute atomic E-state index is 0.0707. The Balaban J connectivity index is 1.16. The molecule has 0 aromatic carbocycles. The molecule has 1 aliphatic carbocycles. The van der Waals surface area contributed by atoms with E-state index in [0.717, 1.165) is 54.9 Å². The highest BCUT2D eigenvalue weighted by Gasteiger charge is 2.26. The van der Waals surface area contributed by atoms with Crippen LogP contribution in [-0.4, -0.2) is 61.7 Å². The summed E-state index contributed by atoms with van der Waals surface area (Å²) in [6.07, 6.45) is 7.27. The van der Waals surface area contributed by atoms with Gasteiger partial charge in [-0.3, -0.25) is 14.7 Å². The van der Waals surface area contributed by atoms with Gasteiger partial charge in [0.1, 0.15) is 5.82 Å². The van der Waals surface area contributed by atoms with E-state index < -0.39 is 0 Å². The second-order valence-electron chi connectivity index (χ2n) is 7.91. The summed E-state index contributed by atoms with van der Waals surface area (Å²) >= 11 is 1.53. The molecule has 9 heteroatoms. The van der Waals surface area contributed by atoms with E-state index in [4.69, 9.17) is 4.98 Å². The Bertz CT molecular complexity index is 1040. The average Bonchev–Trinajstić information content (AvgIpc) is 3.22. The van der Waals surface area contributed by atoms with E-state index in [1.165, 1.54) is 30.8 Å². The summed E-state index contributed by atoms with van der Waals surface area (Å²) in [6.45, 7) is 5.18. The average molecular weight is 424 g/mol. The lowest BCUT2D eigenvalue weighted by Gasteiger charge is -2.34. The molecule has 1 aliphatic heterocycles. The molecule has 0 bridgehead atoms. The highest BCUT2D eigenvalue weighted by Crippen LogP contribution is 2.36. The van der Waals surface area contributed by atoms with Crippen molar-refractivity contribution >= 4 is 16.7 Å². The SMILES string of the molecule is O=c1ccc(-c2cccnc2)nn1CCN1CCN(c2nc(C3CCC3)ns2)CC1. The van der Waals surface area contributed by atoms with Crippen LogP contribution in [0.1, 0.15) is 31.0 Å². The summed E-state index contributed by atoms with van der Waals surface area (Å²) < 4.78 is 6.14. The van der Waals surface area contributed by atoms with Crippen LogP contribution in [0.15, 0.2) is 41.5 Å². The van der Waals surface area contributed by atoms with Crippen molar-refractivity contribution in [3.8, 4) is 11.3 Å². The fourth-order valence-corrected chi connectivity index (χ4v) is 4.66. The largest absolute Gasteiger partial charge is 0.344 e. The number of anilines is 1. The summed E-state index contributed by atoms with van der Waals surface area (Å²) in [7, 11) is 0. The first-order valence-electron chi connectivity index (χ1n) is 10.6. The van der Waals surface area contributed by atoms with Crippen molar-refractivity contribution in [2.24, 2.45) is 0 Å². The molecule has 30 heavy (non-hydrogen) atoms. The first-order chi connectivity index (χ1) is 14.8. The van der Waals surface area contributed by atoms with Gasteiger partial charge < -0.3 is 4.90 Å². The Morgan fingerprint density at radius 2 is 1.93 bits per heavy atom. The molecule has 0 atom stereocenters. The van der Waals surface area contributed by atoms with Gasteiger partial charge in [-0.2, -0.15) is 9.47 Å². The summed E-state index contributed by atoms with van der Waals surface area (Å²) in [5.74, 6) is 1.63. The van der Waals surface area contributed by atoms with E-state index in [1.807, 2.05) is 12.1 Å². The third-order valence-corrected chi connectivity index (χ3v) is 6.79. The van der Waals surface area contributed by atoms with Crippen molar-refractivity contribution in [3.63, 3.8) is 0 Å². The van der Waals surface area contributed by atoms with Crippen LogP contribution in [0, 0.1) is 0 Å². The zero-order chi connectivity index (χ0) is 20.3. The highest BCUT2D eigenvalue weighted by atomic mass is 32.1. The second-order valence-corrected chi connectivity index (χ2v) is 8.64. The Morgan fingerprint density at radius 1 is 1.07 bits per heavy atom. The third kappa shape index (κ3) is 4.13. The van der Waals surface area contributed by atoms with E-state index in [9.17, 15) is 4.79 Å². The molecule has 5 rings (SSSR count). The fourth-order valence-electron chi connectivity index (χ4n) is 3.86. The molecule has 1 saturated carbocycles. The molecule has 1 saturated heterocycles. The van der Waals surface area contributed by atoms with Crippen LogP contribution in [0.3, 0.4) is 0 Å². The van der Waals surface area contributed by atoms with Crippen molar-refractivity contribution in [3.05, 3.63) is 52.8 Å². The van der Waals surface area contributed by atoms with Gasteiger partial charge in [0.15, 0.2) is 0 Å². The number of piperazine rings is 1. The normalized spacial score (nSPS) is 17.8. The van der Waals surface area contributed by atoms with Gasteiger partial charge in [-0.05, 0) is 31.0 Å². The van der Waals surface area contributed by atoms with Crippen molar-refractivity contribution in [2.45, 2.75) is 31.7 Å². The topological polar surface area (TPSA) is 80.0 Å². The summed E-state index contributed by atoms with van der Waals surface area (Å²) in [4.78, 5) is 25.9. The summed E-state index contributed by atoms with van der Waals surface area (Å²) in [5.41, 5.74) is 1.61. The predicted molar refractivity (Wildman–Crippen MR) is 117 cm³/mol. The van der Waals surface area contributed by atoms with Gasteiger partial charge in [-0.15, -0.1) is 0 Å². The minimum Gasteiger partial charge on any atom is -0.344 e. The van der Waals surface area contributed by atoms with Crippen LogP contribution in [0.4, 0.5) is 5.13 Å². The molecule has 0 spiro atoms. The van der Waals surface area contributed by atoms with Crippen molar-refractivity contribution < 1.29 is 0 Å². The lowest BCUT2D eigenvalue weighted by molar-refractivity contribution is 0.243. The smallest absolute Gasteiger partial charge is 0.266 e. The molecule has 0 unspecified atom stereocenters. The van der Waals surface area contributed by atoms with Gasteiger partial charge in [0.25, 0.3) is 5.56 Å². The number of pyridine rings is 1. The maximum Gasteiger partial charge on any atom is 0.266 e. The second kappa shape index (κ2) is 8.61. The summed E-state index contributed by atoms with van der Waals surface area (Å²) in [5, 5.41) is 5.59.